The number of benzene rings is 1. The van der Waals surface area contributed by atoms with Gasteiger partial charge >= 0.3 is 5.97 Å². The Morgan fingerprint density at radius 1 is 1.22 bits per heavy atom. The van der Waals surface area contributed by atoms with Crippen molar-refractivity contribution in [3.63, 3.8) is 0 Å². The van der Waals surface area contributed by atoms with E-state index in [0.717, 1.165) is 31.6 Å². The molecule has 1 rings (SSSR count). The Morgan fingerprint density at radius 2 is 1.83 bits per heavy atom. The summed E-state index contributed by atoms with van der Waals surface area (Å²) in [6, 6.07) is 7.67. The lowest BCUT2D eigenvalue weighted by Crippen LogP contribution is -2.24. The van der Waals surface area contributed by atoms with Gasteiger partial charge in [0.15, 0.2) is 0 Å². The van der Waals surface area contributed by atoms with Gasteiger partial charge in [-0.25, -0.2) is 0 Å². The van der Waals surface area contributed by atoms with Crippen LogP contribution in [0.25, 0.3) is 0 Å². The molecule has 0 spiro atoms. The number of carboxylic acids is 1. The van der Waals surface area contributed by atoms with Crippen LogP contribution in [0.3, 0.4) is 0 Å². The monoisotopic (exact) mass is 251 g/mol. The van der Waals surface area contributed by atoms with Gasteiger partial charge in [0, 0.05) is 19.7 Å². The fourth-order valence-corrected chi connectivity index (χ4v) is 1.84. The zero-order chi connectivity index (χ0) is 13.4. The Kier molecular flexibility index (Phi) is 6.39. The summed E-state index contributed by atoms with van der Waals surface area (Å²) in [7, 11) is 0. The minimum Gasteiger partial charge on any atom is -0.481 e. The smallest absolute Gasteiger partial charge is 0.307 e. The van der Waals surface area contributed by atoms with Crippen LogP contribution in [-0.2, 0) is 17.8 Å². The van der Waals surface area contributed by atoms with Crippen molar-refractivity contribution >= 4 is 5.97 Å². The number of hydrogen-bond acceptors (Lipinski definition) is 3. The highest BCUT2D eigenvalue weighted by molar-refractivity contribution is 5.70. The molecular weight excluding hydrogens is 230 g/mol. The first-order valence-electron chi connectivity index (χ1n) is 6.28. The maximum atomic E-state index is 10.6. The van der Waals surface area contributed by atoms with Crippen molar-refractivity contribution in [2.75, 3.05) is 19.7 Å². The molecule has 0 unspecified atom stereocenters. The van der Waals surface area contributed by atoms with E-state index in [1.54, 1.807) is 0 Å². The topological polar surface area (TPSA) is 60.8 Å². The Balaban J connectivity index is 2.53. The predicted molar refractivity (Wildman–Crippen MR) is 70.4 cm³/mol. The molecular formula is C14H21NO3. The zero-order valence-corrected chi connectivity index (χ0v) is 10.8. The van der Waals surface area contributed by atoms with Crippen molar-refractivity contribution in [2.45, 2.75) is 26.3 Å². The molecule has 100 valence electrons. The second kappa shape index (κ2) is 7.84. The van der Waals surface area contributed by atoms with Crippen molar-refractivity contribution in [1.82, 2.24) is 4.90 Å². The summed E-state index contributed by atoms with van der Waals surface area (Å²) in [5.74, 6) is -0.805. The van der Waals surface area contributed by atoms with E-state index in [2.05, 4.69) is 11.8 Å². The first-order chi connectivity index (χ1) is 8.65. The fourth-order valence-electron chi connectivity index (χ4n) is 1.84. The van der Waals surface area contributed by atoms with Crippen LogP contribution in [-0.4, -0.2) is 40.8 Å². The number of nitrogens with zero attached hydrogens (tertiary/aromatic N) is 1. The van der Waals surface area contributed by atoms with Crippen molar-refractivity contribution in [3.8, 4) is 0 Å². The minimum atomic E-state index is -0.805. The van der Waals surface area contributed by atoms with Crippen LogP contribution in [0.4, 0.5) is 0 Å². The van der Waals surface area contributed by atoms with Gasteiger partial charge in [0.25, 0.3) is 0 Å². The van der Waals surface area contributed by atoms with Gasteiger partial charge in [0.05, 0.1) is 6.42 Å². The van der Waals surface area contributed by atoms with E-state index in [4.69, 9.17) is 10.2 Å². The molecule has 0 radical (unpaired) electrons. The first kappa shape index (κ1) is 14.7. The van der Waals surface area contributed by atoms with Gasteiger partial charge in [0.2, 0.25) is 0 Å². The first-order valence-corrected chi connectivity index (χ1v) is 6.28. The molecule has 0 fully saturated rings. The number of aliphatic hydroxyl groups is 1. The largest absolute Gasteiger partial charge is 0.481 e. The summed E-state index contributed by atoms with van der Waals surface area (Å²) in [6.45, 7) is 4.97. The quantitative estimate of drug-likeness (QED) is 0.735. The highest BCUT2D eigenvalue weighted by atomic mass is 16.4. The Labute approximate surface area is 108 Å². The van der Waals surface area contributed by atoms with E-state index in [1.165, 1.54) is 5.56 Å². The molecule has 0 amide bonds. The van der Waals surface area contributed by atoms with E-state index in [0.29, 0.717) is 0 Å². The molecule has 18 heavy (non-hydrogen) atoms. The number of carbonyl (C=O) groups is 1. The van der Waals surface area contributed by atoms with Gasteiger partial charge in [-0.2, -0.15) is 0 Å². The molecule has 0 aromatic heterocycles. The second-order valence-corrected chi connectivity index (χ2v) is 4.33. The van der Waals surface area contributed by atoms with Gasteiger partial charge < -0.3 is 10.2 Å². The van der Waals surface area contributed by atoms with Crippen molar-refractivity contribution in [1.29, 1.82) is 0 Å². The van der Waals surface area contributed by atoms with Crippen molar-refractivity contribution in [2.24, 2.45) is 0 Å². The van der Waals surface area contributed by atoms with E-state index in [1.807, 2.05) is 24.3 Å². The highest BCUT2D eigenvalue weighted by Crippen LogP contribution is 2.08. The lowest BCUT2D eigenvalue weighted by Gasteiger charge is -2.20. The summed E-state index contributed by atoms with van der Waals surface area (Å²) >= 11 is 0. The van der Waals surface area contributed by atoms with E-state index in [9.17, 15) is 4.79 Å². The Morgan fingerprint density at radius 3 is 2.33 bits per heavy atom. The maximum Gasteiger partial charge on any atom is 0.307 e. The van der Waals surface area contributed by atoms with Gasteiger partial charge in [-0.05, 0) is 24.1 Å². The number of aliphatic hydroxyl groups excluding tert-OH is 1. The third-order valence-electron chi connectivity index (χ3n) is 2.86. The molecule has 1 aromatic carbocycles. The third-order valence-corrected chi connectivity index (χ3v) is 2.86. The van der Waals surface area contributed by atoms with Crippen LogP contribution in [0, 0.1) is 0 Å². The van der Waals surface area contributed by atoms with Crippen LogP contribution in [0.2, 0.25) is 0 Å². The zero-order valence-electron chi connectivity index (χ0n) is 10.8. The molecule has 0 atom stereocenters. The average Bonchev–Trinajstić information content (AvgIpc) is 2.36. The van der Waals surface area contributed by atoms with Gasteiger partial charge in [-0.15, -0.1) is 0 Å². The minimum absolute atomic E-state index is 0.0717. The highest BCUT2D eigenvalue weighted by Gasteiger charge is 2.04. The number of aliphatic carboxylic acids is 1. The summed E-state index contributed by atoms with van der Waals surface area (Å²) in [5, 5.41) is 17.5. The SMILES string of the molecule is CCN(CCCO)Cc1ccc(CC(=O)O)cc1. The van der Waals surface area contributed by atoms with Crippen molar-refractivity contribution in [3.05, 3.63) is 35.4 Å². The molecule has 4 heteroatoms. The lowest BCUT2D eigenvalue weighted by molar-refractivity contribution is -0.136. The molecule has 4 nitrogen and oxygen atoms in total. The second-order valence-electron chi connectivity index (χ2n) is 4.33. The molecule has 0 heterocycles. The average molecular weight is 251 g/mol. The van der Waals surface area contributed by atoms with Crippen LogP contribution >= 0.6 is 0 Å². The summed E-state index contributed by atoms with van der Waals surface area (Å²) < 4.78 is 0. The normalized spacial score (nSPS) is 10.8. The van der Waals surface area contributed by atoms with Crippen LogP contribution in [0.15, 0.2) is 24.3 Å². The van der Waals surface area contributed by atoms with E-state index < -0.39 is 5.97 Å². The molecule has 0 aliphatic heterocycles. The maximum absolute atomic E-state index is 10.6. The lowest BCUT2D eigenvalue weighted by atomic mass is 10.1. The molecule has 0 saturated heterocycles. The molecule has 0 aliphatic rings. The van der Waals surface area contributed by atoms with Gasteiger partial charge in [-0.1, -0.05) is 31.2 Å². The Bertz CT molecular complexity index is 362. The van der Waals surface area contributed by atoms with E-state index in [-0.39, 0.29) is 13.0 Å². The molecule has 0 aliphatic carbocycles. The standard InChI is InChI=1S/C14H21NO3/c1-2-15(8-3-9-16)11-13-6-4-12(5-7-13)10-14(17)18/h4-7,16H,2-3,8-11H2,1H3,(H,17,18). The molecule has 2 N–H and O–H groups in total. The van der Waals surface area contributed by atoms with Crippen molar-refractivity contribution < 1.29 is 15.0 Å². The summed E-state index contributed by atoms with van der Waals surface area (Å²) in [4.78, 5) is 12.8. The Hall–Kier alpha value is -1.39. The van der Waals surface area contributed by atoms with E-state index >= 15 is 0 Å². The van der Waals surface area contributed by atoms with Gasteiger partial charge in [-0.3, -0.25) is 9.69 Å². The summed E-state index contributed by atoms with van der Waals surface area (Å²) in [5.41, 5.74) is 1.99. The summed E-state index contributed by atoms with van der Waals surface area (Å²) in [6.07, 6.45) is 0.854. The predicted octanol–water partition coefficient (Wildman–Crippen LogP) is 1.52. The molecule has 0 saturated carbocycles. The van der Waals surface area contributed by atoms with Gasteiger partial charge in [0.1, 0.15) is 0 Å². The molecule has 1 aromatic rings. The van der Waals surface area contributed by atoms with Crippen LogP contribution in [0.5, 0.6) is 0 Å². The third kappa shape index (κ3) is 5.29. The number of hydrogen-bond donors (Lipinski definition) is 2. The number of rotatable bonds is 8. The molecule has 0 bridgehead atoms. The fraction of sp³-hybridized carbons (Fsp3) is 0.500. The van der Waals surface area contributed by atoms with Crippen LogP contribution < -0.4 is 0 Å². The van der Waals surface area contributed by atoms with Crippen LogP contribution in [0.1, 0.15) is 24.5 Å². The number of carboxylic acid groups (broad SMARTS) is 1.